The first-order valence-corrected chi connectivity index (χ1v) is 12.2. The number of pyridine rings is 1. The predicted molar refractivity (Wildman–Crippen MR) is 115 cm³/mol. The highest BCUT2D eigenvalue weighted by molar-refractivity contribution is 7.89. The lowest BCUT2D eigenvalue weighted by Crippen LogP contribution is -2.52. The quantitative estimate of drug-likeness (QED) is 0.529. The number of aromatic nitrogens is 1. The number of carbonyl (C=O) groups is 2. The second-order valence-corrected chi connectivity index (χ2v) is 9.86. The van der Waals surface area contributed by atoms with E-state index in [0.717, 1.165) is 17.4 Å². The minimum absolute atomic E-state index is 0.00454. The van der Waals surface area contributed by atoms with Crippen LogP contribution in [0.25, 0.3) is 0 Å². The third-order valence-electron chi connectivity index (χ3n) is 5.64. The summed E-state index contributed by atoms with van der Waals surface area (Å²) in [6, 6.07) is 2.79. The van der Waals surface area contributed by atoms with Crippen LogP contribution < -0.4 is 10.9 Å². The van der Waals surface area contributed by atoms with Crippen LogP contribution in [0.1, 0.15) is 26.7 Å². The van der Waals surface area contributed by atoms with Crippen molar-refractivity contribution in [1.29, 1.82) is 0 Å². The number of rotatable bonds is 9. The summed E-state index contributed by atoms with van der Waals surface area (Å²) in [6.07, 6.45) is 3.34. The van der Waals surface area contributed by atoms with Gasteiger partial charge in [0.15, 0.2) is 0 Å². The fourth-order valence-corrected chi connectivity index (χ4v) is 5.08. The van der Waals surface area contributed by atoms with Crippen LogP contribution >= 0.6 is 0 Å². The molecule has 172 valence electrons. The van der Waals surface area contributed by atoms with Crippen molar-refractivity contribution in [2.45, 2.75) is 44.2 Å². The molecular formula is C20H31N5O5S. The third kappa shape index (κ3) is 5.92. The molecule has 0 spiro atoms. The van der Waals surface area contributed by atoms with Crippen molar-refractivity contribution in [2.24, 2.45) is 0 Å². The van der Waals surface area contributed by atoms with E-state index in [1.165, 1.54) is 22.6 Å². The Hall–Kier alpha value is -2.24. The first-order valence-electron chi connectivity index (χ1n) is 10.7. The van der Waals surface area contributed by atoms with Crippen molar-refractivity contribution in [1.82, 2.24) is 24.0 Å². The Morgan fingerprint density at radius 2 is 1.71 bits per heavy atom. The van der Waals surface area contributed by atoms with Crippen LogP contribution in [-0.2, 0) is 26.2 Å². The molecule has 1 aliphatic carbocycles. The van der Waals surface area contributed by atoms with E-state index in [2.05, 4.69) is 5.32 Å². The maximum absolute atomic E-state index is 12.7. The van der Waals surface area contributed by atoms with E-state index in [0.29, 0.717) is 51.9 Å². The van der Waals surface area contributed by atoms with Gasteiger partial charge >= 0.3 is 0 Å². The van der Waals surface area contributed by atoms with Gasteiger partial charge in [0, 0.05) is 57.6 Å². The Morgan fingerprint density at radius 3 is 2.29 bits per heavy atom. The van der Waals surface area contributed by atoms with E-state index < -0.39 is 15.6 Å². The lowest BCUT2D eigenvalue weighted by molar-refractivity contribution is -0.134. The van der Waals surface area contributed by atoms with Gasteiger partial charge < -0.3 is 14.8 Å². The second kappa shape index (κ2) is 9.92. The van der Waals surface area contributed by atoms with Crippen molar-refractivity contribution in [2.75, 3.05) is 45.8 Å². The highest BCUT2D eigenvalue weighted by Gasteiger charge is 2.27. The third-order valence-corrected chi connectivity index (χ3v) is 7.67. The second-order valence-electron chi connectivity index (χ2n) is 7.92. The minimum Gasteiger partial charge on any atom is -0.352 e. The maximum atomic E-state index is 12.7. The molecule has 2 fully saturated rings. The Kier molecular flexibility index (Phi) is 7.50. The zero-order chi connectivity index (χ0) is 22.6. The van der Waals surface area contributed by atoms with Crippen LogP contribution in [0.5, 0.6) is 0 Å². The molecule has 1 saturated carbocycles. The van der Waals surface area contributed by atoms with E-state index in [9.17, 15) is 22.8 Å². The Morgan fingerprint density at radius 1 is 1.06 bits per heavy atom. The zero-order valence-electron chi connectivity index (χ0n) is 18.1. The van der Waals surface area contributed by atoms with E-state index in [4.69, 9.17) is 0 Å². The average Bonchev–Trinajstić information content (AvgIpc) is 3.54. The molecule has 0 bridgehead atoms. The van der Waals surface area contributed by atoms with Gasteiger partial charge in [0.05, 0.1) is 11.4 Å². The number of nitrogens with zero attached hydrogens (tertiary/aromatic N) is 4. The summed E-state index contributed by atoms with van der Waals surface area (Å²) in [5, 5.41) is 2.96. The Labute approximate surface area is 182 Å². The number of amides is 2. The van der Waals surface area contributed by atoms with E-state index >= 15 is 0 Å². The fraction of sp³-hybridized carbons (Fsp3) is 0.650. The van der Waals surface area contributed by atoms with Gasteiger partial charge in [-0.25, -0.2) is 8.42 Å². The molecule has 1 N–H and O–H groups in total. The molecule has 0 radical (unpaired) electrons. The van der Waals surface area contributed by atoms with Gasteiger partial charge in [-0.3, -0.25) is 19.3 Å². The molecule has 1 aromatic heterocycles. The number of piperazine rings is 1. The Bertz CT molecular complexity index is 960. The van der Waals surface area contributed by atoms with Gasteiger partial charge in [-0.05, 0) is 18.9 Å². The van der Waals surface area contributed by atoms with E-state index in [1.54, 1.807) is 18.7 Å². The highest BCUT2D eigenvalue weighted by Crippen LogP contribution is 2.18. The van der Waals surface area contributed by atoms with Crippen molar-refractivity contribution in [3.05, 3.63) is 28.7 Å². The molecule has 2 aliphatic rings. The molecule has 1 aromatic rings. The predicted octanol–water partition coefficient (Wildman–Crippen LogP) is -0.698. The van der Waals surface area contributed by atoms with Crippen molar-refractivity contribution >= 4 is 21.8 Å². The first-order chi connectivity index (χ1) is 14.7. The summed E-state index contributed by atoms with van der Waals surface area (Å²) < 4.78 is 27.9. The SMILES string of the molecule is CCN(CC)S(=O)(=O)c1ccc(=O)n(CC(=O)N2CCN(CC(=O)NC3CC3)CC2)c1. The Balaban J connectivity index is 1.59. The van der Waals surface area contributed by atoms with Gasteiger partial charge in [0.2, 0.25) is 21.8 Å². The molecule has 1 saturated heterocycles. The largest absolute Gasteiger partial charge is 0.352 e. The lowest BCUT2D eigenvalue weighted by atomic mass is 10.3. The van der Waals surface area contributed by atoms with Crippen LogP contribution in [0.3, 0.4) is 0 Å². The molecule has 0 atom stereocenters. The van der Waals surface area contributed by atoms with Gasteiger partial charge in [-0.1, -0.05) is 13.8 Å². The molecule has 2 amide bonds. The topological polar surface area (TPSA) is 112 Å². The summed E-state index contributed by atoms with van der Waals surface area (Å²) in [4.78, 5) is 40.5. The summed E-state index contributed by atoms with van der Waals surface area (Å²) in [6.45, 7) is 6.31. The highest BCUT2D eigenvalue weighted by atomic mass is 32.2. The van der Waals surface area contributed by atoms with E-state index in [1.807, 2.05) is 4.90 Å². The molecule has 10 nitrogen and oxygen atoms in total. The molecule has 0 aromatic carbocycles. The smallest absolute Gasteiger partial charge is 0.251 e. The number of hydrogen-bond donors (Lipinski definition) is 1. The van der Waals surface area contributed by atoms with Crippen LogP contribution in [0, 0.1) is 0 Å². The molecule has 1 aliphatic heterocycles. The molecule has 11 heteroatoms. The van der Waals surface area contributed by atoms with Crippen LogP contribution in [0.2, 0.25) is 0 Å². The van der Waals surface area contributed by atoms with Gasteiger partial charge in [-0.2, -0.15) is 4.31 Å². The van der Waals surface area contributed by atoms with Gasteiger partial charge in [0.1, 0.15) is 6.54 Å². The maximum Gasteiger partial charge on any atom is 0.251 e. The van der Waals surface area contributed by atoms with Crippen molar-refractivity contribution in [3.63, 3.8) is 0 Å². The summed E-state index contributed by atoms with van der Waals surface area (Å²) in [5.41, 5.74) is -0.428. The average molecular weight is 454 g/mol. The monoisotopic (exact) mass is 453 g/mol. The molecule has 3 rings (SSSR count). The molecular weight excluding hydrogens is 422 g/mol. The van der Waals surface area contributed by atoms with Crippen LogP contribution in [0.4, 0.5) is 0 Å². The normalized spacial score (nSPS) is 17.7. The fourth-order valence-electron chi connectivity index (χ4n) is 3.60. The standard InChI is InChI=1S/C20H31N5O5S/c1-3-25(4-2)31(29,30)17-7-8-19(27)24(13-17)15-20(28)23-11-9-22(10-12-23)14-18(26)21-16-5-6-16/h7-8,13,16H,3-6,9-12,14-15H2,1-2H3,(H,21,26). The van der Waals surface area contributed by atoms with Crippen molar-refractivity contribution in [3.8, 4) is 0 Å². The molecule has 0 unspecified atom stereocenters. The minimum atomic E-state index is -3.72. The summed E-state index contributed by atoms with van der Waals surface area (Å²) >= 11 is 0. The number of nitrogens with one attached hydrogen (secondary N) is 1. The van der Waals surface area contributed by atoms with Crippen LogP contribution in [0.15, 0.2) is 28.0 Å². The summed E-state index contributed by atoms with van der Waals surface area (Å²) in [7, 11) is -3.72. The number of carbonyl (C=O) groups excluding carboxylic acids is 2. The van der Waals surface area contributed by atoms with Crippen LogP contribution in [-0.4, -0.2) is 90.8 Å². The van der Waals surface area contributed by atoms with Gasteiger partial charge in [-0.15, -0.1) is 0 Å². The van der Waals surface area contributed by atoms with Crippen molar-refractivity contribution < 1.29 is 18.0 Å². The number of sulfonamides is 1. The van der Waals surface area contributed by atoms with Gasteiger partial charge in [0.25, 0.3) is 5.56 Å². The molecule has 31 heavy (non-hydrogen) atoms. The first kappa shape index (κ1) is 23.4. The summed E-state index contributed by atoms with van der Waals surface area (Å²) in [5.74, 6) is -0.235. The molecule has 2 heterocycles. The lowest BCUT2D eigenvalue weighted by Gasteiger charge is -2.34. The zero-order valence-corrected chi connectivity index (χ0v) is 18.9. The van der Waals surface area contributed by atoms with E-state index in [-0.39, 0.29) is 23.3 Å². The number of hydrogen-bond acceptors (Lipinski definition) is 6.